The second-order valence-corrected chi connectivity index (χ2v) is 2.26. The number of nitrogens with zero attached hydrogens (tertiary/aromatic N) is 2. The van der Waals surface area contributed by atoms with Gasteiger partial charge in [0.1, 0.15) is 12.0 Å². The molecule has 1 rings (SSSR count). The van der Waals surface area contributed by atoms with Gasteiger partial charge in [-0.3, -0.25) is 9.48 Å². The molecule has 0 aliphatic heterocycles. The molecule has 0 saturated heterocycles. The SMILES string of the molecule is NC(=O)c1ccnn1CCC=O. The molecule has 64 valence electrons. The fraction of sp³-hybridized carbons (Fsp3) is 0.286. The Balaban J connectivity index is 2.76. The van der Waals surface area contributed by atoms with E-state index in [1.54, 1.807) is 0 Å². The Labute approximate surface area is 69.2 Å². The first-order valence-electron chi connectivity index (χ1n) is 3.51. The van der Waals surface area contributed by atoms with Crippen LogP contribution in [0.5, 0.6) is 0 Å². The van der Waals surface area contributed by atoms with E-state index in [1.165, 1.54) is 16.9 Å². The average Bonchev–Trinajstić information content (AvgIpc) is 2.48. The summed E-state index contributed by atoms with van der Waals surface area (Å²) in [5.74, 6) is -0.529. The number of carbonyl (C=O) groups is 2. The van der Waals surface area contributed by atoms with Gasteiger partial charge in [0.2, 0.25) is 0 Å². The Morgan fingerprint density at radius 2 is 2.50 bits per heavy atom. The maximum atomic E-state index is 10.7. The zero-order valence-corrected chi connectivity index (χ0v) is 6.43. The summed E-state index contributed by atoms with van der Waals surface area (Å²) in [6.45, 7) is 0.398. The number of aromatic nitrogens is 2. The Kier molecular flexibility index (Phi) is 2.57. The van der Waals surface area contributed by atoms with Crippen molar-refractivity contribution in [2.24, 2.45) is 5.73 Å². The molecule has 0 aromatic carbocycles. The fourth-order valence-corrected chi connectivity index (χ4v) is 0.895. The highest BCUT2D eigenvalue weighted by molar-refractivity contribution is 5.90. The zero-order chi connectivity index (χ0) is 8.97. The molecule has 0 atom stereocenters. The molecule has 0 spiro atoms. The lowest BCUT2D eigenvalue weighted by molar-refractivity contribution is -0.108. The molecule has 1 aromatic heterocycles. The molecular formula is C7H9N3O2. The van der Waals surface area contributed by atoms with E-state index in [-0.39, 0.29) is 0 Å². The van der Waals surface area contributed by atoms with Gasteiger partial charge in [-0.05, 0) is 6.07 Å². The van der Waals surface area contributed by atoms with Crippen LogP contribution in [0, 0.1) is 0 Å². The second kappa shape index (κ2) is 3.66. The maximum absolute atomic E-state index is 10.7. The molecule has 1 aromatic rings. The molecule has 0 aliphatic rings. The second-order valence-electron chi connectivity index (χ2n) is 2.26. The lowest BCUT2D eigenvalue weighted by Crippen LogP contribution is -2.17. The van der Waals surface area contributed by atoms with Crippen molar-refractivity contribution in [2.75, 3.05) is 0 Å². The summed E-state index contributed by atoms with van der Waals surface area (Å²) in [5, 5.41) is 3.83. The third kappa shape index (κ3) is 1.69. The third-order valence-corrected chi connectivity index (χ3v) is 1.43. The molecule has 5 nitrogen and oxygen atoms in total. The molecule has 0 saturated carbocycles. The summed E-state index contributed by atoms with van der Waals surface area (Å²) in [7, 11) is 0. The number of aryl methyl sites for hydroxylation is 1. The molecule has 0 aliphatic carbocycles. The van der Waals surface area contributed by atoms with Crippen LogP contribution < -0.4 is 5.73 Å². The van der Waals surface area contributed by atoms with Crippen LogP contribution in [0.3, 0.4) is 0 Å². The van der Waals surface area contributed by atoms with Gasteiger partial charge in [0.05, 0.1) is 0 Å². The zero-order valence-electron chi connectivity index (χ0n) is 6.43. The van der Waals surface area contributed by atoms with Crippen molar-refractivity contribution in [3.8, 4) is 0 Å². The maximum Gasteiger partial charge on any atom is 0.266 e. The van der Waals surface area contributed by atoms with Crippen LogP contribution in [0.2, 0.25) is 0 Å². The summed E-state index contributed by atoms with van der Waals surface area (Å²) < 4.78 is 1.41. The lowest BCUT2D eigenvalue weighted by Gasteiger charge is -2.00. The first-order valence-corrected chi connectivity index (χ1v) is 3.51. The van der Waals surface area contributed by atoms with Crippen molar-refractivity contribution in [3.05, 3.63) is 18.0 Å². The van der Waals surface area contributed by atoms with E-state index in [1.807, 2.05) is 0 Å². The van der Waals surface area contributed by atoms with Crippen molar-refractivity contribution in [1.82, 2.24) is 9.78 Å². The number of aldehydes is 1. The number of hydrogen-bond acceptors (Lipinski definition) is 3. The Morgan fingerprint density at radius 3 is 3.08 bits per heavy atom. The van der Waals surface area contributed by atoms with Crippen LogP contribution in [-0.2, 0) is 11.3 Å². The number of amides is 1. The van der Waals surface area contributed by atoms with Crippen LogP contribution in [0.25, 0.3) is 0 Å². The lowest BCUT2D eigenvalue weighted by atomic mass is 10.4. The smallest absolute Gasteiger partial charge is 0.266 e. The van der Waals surface area contributed by atoms with Gasteiger partial charge in [-0.15, -0.1) is 0 Å². The number of nitrogens with two attached hydrogens (primary N) is 1. The van der Waals surface area contributed by atoms with Gasteiger partial charge in [-0.2, -0.15) is 5.10 Å². The van der Waals surface area contributed by atoms with Crippen LogP contribution in [0.1, 0.15) is 16.9 Å². The standard InChI is InChI=1S/C7H9N3O2/c8-7(12)6-2-3-9-10(6)4-1-5-11/h2-3,5H,1,4H2,(H2,8,12). The van der Waals surface area contributed by atoms with Crippen molar-refractivity contribution >= 4 is 12.2 Å². The van der Waals surface area contributed by atoms with E-state index in [2.05, 4.69) is 5.10 Å². The summed E-state index contributed by atoms with van der Waals surface area (Å²) in [5.41, 5.74) is 5.37. The van der Waals surface area contributed by atoms with Gasteiger partial charge < -0.3 is 10.5 Å². The predicted molar refractivity (Wildman–Crippen MR) is 41.4 cm³/mol. The summed E-state index contributed by atoms with van der Waals surface area (Å²) in [4.78, 5) is 20.7. The van der Waals surface area contributed by atoms with Gasteiger partial charge in [-0.1, -0.05) is 0 Å². The average molecular weight is 167 g/mol. The Bertz CT molecular complexity index is 293. The number of carbonyl (C=O) groups excluding carboxylic acids is 2. The quantitative estimate of drug-likeness (QED) is 0.618. The van der Waals surface area contributed by atoms with Crippen LogP contribution in [0.15, 0.2) is 12.3 Å². The number of rotatable bonds is 4. The largest absolute Gasteiger partial charge is 0.364 e. The normalized spacial score (nSPS) is 9.67. The first kappa shape index (κ1) is 8.45. The van der Waals surface area contributed by atoms with Gasteiger partial charge in [0.25, 0.3) is 5.91 Å². The molecule has 0 radical (unpaired) electrons. The molecule has 12 heavy (non-hydrogen) atoms. The van der Waals surface area contributed by atoms with Gasteiger partial charge in [-0.25, -0.2) is 0 Å². The highest BCUT2D eigenvalue weighted by atomic mass is 16.1. The number of hydrogen-bond donors (Lipinski definition) is 1. The third-order valence-electron chi connectivity index (χ3n) is 1.43. The molecule has 2 N–H and O–H groups in total. The van der Waals surface area contributed by atoms with Crippen molar-refractivity contribution < 1.29 is 9.59 Å². The highest BCUT2D eigenvalue weighted by Crippen LogP contribution is 1.97. The van der Waals surface area contributed by atoms with Crippen molar-refractivity contribution in [1.29, 1.82) is 0 Å². The summed E-state index contributed by atoms with van der Waals surface area (Å²) >= 11 is 0. The molecule has 0 unspecified atom stereocenters. The molecule has 0 fully saturated rings. The van der Waals surface area contributed by atoms with E-state index in [0.29, 0.717) is 18.7 Å². The molecule has 1 heterocycles. The van der Waals surface area contributed by atoms with E-state index in [4.69, 9.17) is 5.73 Å². The van der Waals surface area contributed by atoms with Gasteiger partial charge in [0.15, 0.2) is 0 Å². The van der Waals surface area contributed by atoms with Crippen LogP contribution in [-0.4, -0.2) is 22.0 Å². The number of primary amides is 1. The molecular weight excluding hydrogens is 158 g/mol. The minimum absolute atomic E-state index is 0.330. The fourth-order valence-electron chi connectivity index (χ4n) is 0.895. The minimum Gasteiger partial charge on any atom is -0.364 e. The summed E-state index contributed by atoms with van der Waals surface area (Å²) in [6, 6.07) is 1.52. The van der Waals surface area contributed by atoms with Crippen molar-refractivity contribution in [3.63, 3.8) is 0 Å². The van der Waals surface area contributed by atoms with Crippen LogP contribution >= 0.6 is 0 Å². The van der Waals surface area contributed by atoms with E-state index in [0.717, 1.165) is 6.29 Å². The van der Waals surface area contributed by atoms with Gasteiger partial charge in [0, 0.05) is 19.2 Å². The van der Waals surface area contributed by atoms with Gasteiger partial charge >= 0.3 is 0 Å². The van der Waals surface area contributed by atoms with E-state index < -0.39 is 5.91 Å². The Hall–Kier alpha value is -1.65. The van der Waals surface area contributed by atoms with Crippen molar-refractivity contribution in [2.45, 2.75) is 13.0 Å². The summed E-state index contributed by atoms with van der Waals surface area (Å²) in [6.07, 6.45) is 2.58. The minimum atomic E-state index is -0.529. The van der Waals surface area contributed by atoms with E-state index in [9.17, 15) is 9.59 Å². The highest BCUT2D eigenvalue weighted by Gasteiger charge is 2.06. The molecule has 5 heteroatoms. The first-order chi connectivity index (χ1) is 5.75. The van der Waals surface area contributed by atoms with E-state index >= 15 is 0 Å². The predicted octanol–water partition coefficient (Wildman–Crippen LogP) is -0.429. The Morgan fingerprint density at radius 1 is 1.75 bits per heavy atom. The van der Waals surface area contributed by atoms with Crippen LogP contribution in [0.4, 0.5) is 0 Å². The molecule has 0 bridgehead atoms. The monoisotopic (exact) mass is 167 g/mol. The topological polar surface area (TPSA) is 78.0 Å². The molecule has 1 amide bonds.